The van der Waals surface area contributed by atoms with Gasteiger partial charge in [0.1, 0.15) is 11.6 Å². The maximum atomic E-state index is 13.1. The molecule has 1 N–H and O–H groups in total. The summed E-state index contributed by atoms with van der Waals surface area (Å²) in [5, 5.41) is 8.19. The molecule has 1 unspecified atom stereocenters. The van der Waals surface area contributed by atoms with Gasteiger partial charge in [0.2, 0.25) is 0 Å². The van der Waals surface area contributed by atoms with E-state index in [-0.39, 0.29) is 11.9 Å². The molecule has 1 saturated heterocycles. The zero-order chi connectivity index (χ0) is 19.4. The highest BCUT2D eigenvalue weighted by Gasteiger charge is 2.20. The molecule has 1 atom stereocenters. The highest BCUT2D eigenvalue weighted by molar-refractivity contribution is 7.80. The van der Waals surface area contributed by atoms with Gasteiger partial charge in [0.15, 0.2) is 5.11 Å². The Morgan fingerprint density at radius 3 is 2.63 bits per heavy atom. The molecule has 146 valence electrons. The third-order valence-corrected chi connectivity index (χ3v) is 5.52. The summed E-state index contributed by atoms with van der Waals surface area (Å²) in [4.78, 5) is 4.65. The van der Waals surface area contributed by atoms with Crippen LogP contribution in [0.25, 0.3) is 0 Å². The summed E-state index contributed by atoms with van der Waals surface area (Å²) in [5.41, 5.74) is 3.18. The molecule has 2 heterocycles. The van der Waals surface area contributed by atoms with Crippen LogP contribution in [-0.4, -0.2) is 46.2 Å². The Kier molecular flexibility index (Phi) is 6.44. The molecule has 3 rings (SSSR count). The summed E-state index contributed by atoms with van der Waals surface area (Å²) in [5.74, 6) is 0.679. The normalized spacial score (nSPS) is 16.8. The summed E-state index contributed by atoms with van der Waals surface area (Å²) >= 11 is 5.63. The Labute approximate surface area is 165 Å². The second kappa shape index (κ2) is 8.80. The van der Waals surface area contributed by atoms with E-state index in [0.717, 1.165) is 61.3 Å². The van der Waals surface area contributed by atoms with Crippen LogP contribution in [-0.2, 0) is 6.54 Å². The first kappa shape index (κ1) is 19.8. The fraction of sp³-hybridized carbons (Fsp3) is 0.500. The molecule has 1 aliphatic rings. The van der Waals surface area contributed by atoms with Crippen LogP contribution in [0.3, 0.4) is 0 Å². The highest BCUT2D eigenvalue weighted by atomic mass is 32.1. The predicted octanol–water partition coefficient (Wildman–Crippen LogP) is 3.57. The smallest absolute Gasteiger partial charge is 0.169 e. The minimum atomic E-state index is -0.223. The van der Waals surface area contributed by atoms with Crippen molar-refractivity contribution in [2.24, 2.45) is 0 Å². The van der Waals surface area contributed by atoms with Gasteiger partial charge in [0, 0.05) is 38.3 Å². The van der Waals surface area contributed by atoms with Gasteiger partial charge in [-0.3, -0.25) is 4.90 Å². The lowest BCUT2D eigenvalue weighted by Gasteiger charge is -2.27. The largest absolute Gasteiger partial charge is 0.361 e. The molecule has 2 aromatic rings. The molecule has 0 radical (unpaired) electrons. The summed E-state index contributed by atoms with van der Waals surface area (Å²) in [7, 11) is 0. The topological polar surface area (TPSA) is 44.5 Å². The number of nitrogens with one attached hydrogen (secondary N) is 1. The third kappa shape index (κ3) is 5.05. The zero-order valence-electron chi connectivity index (χ0n) is 16.2. The second-order valence-electron chi connectivity index (χ2n) is 7.14. The van der Waals surface area contributed by atoms with E-state index in [2.05, 4.69) is 20.3 Å². The molecule has 7 heteroatoms. The van der Waals surface area contributed by atoms with Gasteiger partial charge in [-0.1, -0.05) is 17.3 Å². The van der Waals surface area contributed by atoms with Gasteiger partial charge in [0.25, 0.3) is 0 Å². The van der Waals surface area contributed by atoms with Crippen molar-refractivity contribution < 1.29 is 8.91 Å². The van der Waals surface area contributed by atoms with Crippen molar-refractivity contribution in [3.63, 3.8) is 0 Å². The maximum Gasteiger partial charge on any atom is 0.169 e. The Morgan fingerprint density at radius 2 is 1.96 bits per heavy atom. The van der Waals surface area contributed by atoms with E-state index in [1.165, 1.54) is 17.7 Å². The Hall–Kier alpha value is -1.99. The fourth-order valence-corrected chi connectivity index (χ4v) is 3.75. The van der Waals surface area contributed by atoms with Crippen LogP contribution in [0.4, 0.5) is 4.39 Å². The maximum absolute atomic E-state index is 13.1. The van der Waals surface area contributed by atoms with Crippen LogP contribution in [0.15, 0.2) is 28.8 Å². The van der Waals surface area contributed by atoms with Crippen molar-refractivity contribution in [3.8, 4) is 0 Å². The van der Waals surface area contributed by atoms with Crippen molar-refractivity contribution in [1.82, 2.24) is 20.3 Å². The Balaban J connectivity index is 1.54. The first-order valence-electron chi connectivity index (χ1n) is 9.39. The number of thiocarbonyl (C=S) groups is 1. The van der Waals surface area contributed by atoms with Crippen molar-refractivity contribution in [1.29, 1.82) is 0 Å². The average Bonchev–Trinajstić information content (AvgIpc) is 2.85. The highest BCUT2D eigenvalue weighted by Crippen LogP contribution is 2.17. The first-order valence-corrected chi connectivity index (χ1v) is 9.80. The first-order chi connectivity index (χ1) is 12.9. The third-order valence-electron chi connectivity index (χ3n) is 5.15. The van der Waals surface area contributed by atoms with Gasteiger partial charge in [-0.2, -0.15) is 0 Å². The van der Waals surface area contributed by atoms with Gasteiger partial charge >= 0.3 is 0 Å². The van der Waals surface area contributed by atoms with Gasteiger partial charge < -0.3 is 14.7 Å². The summed E-state index contributed by atoms with van der Waals surface area (Å²) in [6.45, 7) is 10.6. The van der Waals surface area contributed by atoms with Gasteiger partial charge in [-0.15, -0.1) is 0 Å². The lowest BCUT2D eigenvalue weighted by molar-refractivity contribution is 0.275. The summed E-state index contributed by atoms with van der Waals surface area (Å²) in [6, 6.07) is 6.59. The van der Waals surface area contributed by atoms with Gasteiger partial charge in [0.05, 0.1) is 11.7 Å². The molecular formula is C20H27FN4OS. The summed E-state index contributed by atoms with van der Waals surface area (Å²) in [6.07, 6.45) is 1.05. The number of nitrogens with zero attached hydrogens (tertiary/aromatic N) is 3. The number of benzene rings is 1. The predicted molar refractivity (Wildman–Crippen MR) is 108 cm³/mol. The molecule has 0 amide bonds. The van der Waals surface area contributed by atoms with E-state index in [1.807, 2.05) is 20.8 Å². The van der Waals surface area contributed by atoms with Crippen LogP contribution < -0.4 is 5.32 Å². The van der Waals surface area contributed by atoms with E-state index < -0.39 is 0 Å². The van der Waals surface area contributed by atoms with Crippen LogP contribution in [0, 0.1) is 19.7 Å². The molecule has 1 fully saturated rings. The van der Waals surface area contributed by atoms with E-state index in [4.69, 9.17) is 16.7 Å². The van der Waals surface area contributed by atoms with Gasteiger partial charge in [-0.05, 0) is 57.1 Å². The number of hydrogen-bond acceptors (Lipinski definition) is 4. The second-order valence-corrected chi connectivity index (χ2v) is 7.53. The molecule has 5 nitrogen and oxygen atoms in total. The van der Waals surface area contributed by atoms with Crippen molar-refractivity contribution in [3.05, 3.63) is 52.7 Å². The molecule has 1 aliphatic heterocycles. The van der Waals surface area contributed by atoms with Crippen LogP contribution in [0.1, 0.15) is 42.0 Å². The van der Waals surface area contributed by atoms with E-state index >= 15 is 0 Å². The standard InChI is InChI=1S/C20H27FN4OS/c1-14(17-5-7-18(21)8-6-17)22-20(27)25-10-4-9-24(11-12-25)13-19-15(2)23-26-16(19)3/h5-8,14H,4,9-13H2,1-3H3,(H,22,27). The average molecular weight is 391 g/mol. The molecular weight excluding hydrogens is 363 g/mol. The molecule has 27 heavy (non-hydrogen) atoms. The Morgan fingerprint density at radius 1 is 1.22 bits per heavy atom. The van der Waals surface area contributed by atoms with Gasteiger partial charge in [-0.25, -0.2) is 4.39 Å². The lowest BCUT2D eigenvalue weighted by Crippen LogP contribution is -2.42. The van der Waals surface area contributed by atoms with Crippen molar-refractivity contribution in [2.45, 2.75) is 39.8 Å². The van der Waals surface area contributed by atoms with Crippen molar-refractivity contribution in [2.75, 3.05) is 26.2 Å². The van der Waals surface area contributed by atoms with Crippen LogP contribution in [0.2, 0.25) is 0 Å². The Bertz CT molecular complexity index is 757. The molecule has 0 saturated carbocycles. The minimum absolute atomic E-state index is 0.0414. The minimum Gasteiger partial charge on any atom is -0.361 e. The number of aryl methyl sites for hydroxylation is 2. The quantitative estimate of drug-likeness (QED) is 0.805. The van der Waals surface area contributed by atoms with Crippen molar-refractivity contribution >= 4 is 17.3 Å². The van der Waals surface area contributed by atoms with E-state index in [0.29, 0.717) is 0 Å². The fourth-order valence-electron chi connectivity index (χ4n) is 3.39. The molecule has 1 aromatic heterocycles. The number of aromatic nitrogens is 1. The molecule has 0 bridgehead atoms. The molecule has 1 aromatic carbocycles. The van der Waals surface area contributed by atoms with E-state index in [9.17, 15) is 4.39 Å². The number of halogens is 1. The SMILES string of the molecule is Cc1noc(C)c1CN1CCCN(C(=S)NC(C)c2ccc(F)cc2)CC1. The number of rotatable bonds is 4. The zero-order valence-corrected chi connectivity index (χ0v) is 17.0. The van der Waals surface area contributed by atoms with E-state index in [1.54, 1.807) is 12.1 Å². The molecule has 0 aliphatic carbocycles. The van der Waals surface area contributed by atoms with Crippen LogP contribution >= 0.6 is 12.2 Å². The number of hydrogen-bond donors (Lipinski definition) is 1. The molecule has 0 spiro atoms. The van der Waals surface area contributed by atoms with Crippen LogP contribution in [0.5, 0.6) is 0 Å². The lowest BCUT2D eigenvalue weighted by atomic mass is 10.1. The summed E-state index contributed by atoms with van der Waals surface area (Å²) < 4.78 is 18.4. The monoisotopic (exact) mass is 390 g/mol.